The van der Waals surface area contributed by atoms with Gasteiger partial charge in [-0.15, -0.1) is 0 Å². The van der Waals surface area contributed by atoms with Crippen LogP contribution in [0.5, 0.6) is 0 Å². The maximum atomic E-state index is 15.0. The lowest BCUT2D eigenvalue weighted by Gasteiger charge is -2.10. The minimum atomic E-state index is -2.40. The topological polar surface area (TPSA) is 146 Å². The number of rotatable bonds is 3. The number of hydrogen-bond donors (Lipinski definition) is 0. The normalized spacial score (nSPS) is 12.8. The molecule has 5 aromatic rings. The van der Waals surface area contributed by atoms with Gasteiger partial charge in [0.15, 0.2) is 40.7 Å². The maximum Gasteiger partial charge on any atom is 0.305 e. The van der Waals surface area contributed by atoms with Crippen molar-refractivity contribution in [1.82, 2.24) is 19.9 Å². The zero-order valence-corrected chi connectivity index (χ0v) is 22.1. The fourth-order valence-corrected chi connectivity index (χ4v) is 4.37. The lowest BCUT2D eigenvalue weighted by molar-refractivity contribution is 0.381. The number of aryl methyl sites for hydroxylation is 1. The number of hydrogen-bond acceptors (Lipinski definition) is 9. The lowest BCUT2D eigenvalue weighted by Crippen LogP contribution is -2.25. The van der Waals surface area contributed by atoms with Crippen molar-refractivity contribution < 1.29 is 26.4 Å². The van der Waals surface area contributed by atoms with E-state index in [-0.39, 0.29) is 44.4 Å². The van der Waals surface area contributed by atoms with Gasteiger partial charge in [-0.1, -0.05) is 12.1 Å². The molecule has 0 unspecified atom stereocenters. The molecule has 0 saturated heterocycles. The van der Waals surface area contributed by atoms with Crippen LogP contribution < -0.4 is 10.7 Å². The van der Waals surface area contributed by atoms with Gasteiger partial charge in [0.25, 0.3) is 5.89 Å². The van der Waals surface area contributed by atoms with Gasteiger partial charge in [0, 0.05) is 5.56 Å². The molecule has 1 aliphatic heterocycles. The third kappa shape index (κ3) is 4.30. The molecule has 0 amide bonds. The van der Waals surface area contributed by atoms with E-state index < -0.39 is 63.7 Å². The summed E-state index contributed by atoms with van der Waals surface area (Å²) < 4.78 is 78.0. The molecule has 11 nitrogen and oxygen atoms in total. The van der Waals surface area contributed by atoms with Crippen LogP contribution in [0.2, 0.25) is 0 Å². The SMILES string of the molecule is [C-]#[N+]/C(C#N)=C1\N=c2ccc(-c3nc(-c4nc5c([N+]#[C-])ccc(C)c5o4)nc(-c4c(F)c(F)c(F)c(F)c4F)n3)c(C#N)c2=N1. The third-order valence-electron chi connectivity index (χ3n) is 6.48. The van der Waals surface area contributed by atoms with Gasteiger partial charge in [-0.2, -0.15) is 5.26 Å². The van der Waals surface area contributed by atoms with Crippen LogP contribution in [0.4, 0.5) is 27.6 Å². The summed E-state index contributed by atoms with van der Waals surface area (Å²) >= 11 is 0. The number of allylic oxidation sites excluding steroid dienone is 1. The fraction of sp³-hybridized carbons (Fsp3) is 0.0345. The van der Waals surface area contributed by atoms with E-state index in [0.717, 1.165) is 0 Å². The van der Waals surface area contributed by atoms with E-state index in [9.17, 15) is 32.5 Å². The molecule has 2 aromatic heterocycles. The van der Waals surface area contributed by atoms with Crippen LogP contribution in [0.1, 0.15) is 11.1 Å². The molecule has 0 aliphatic carbocycles. The Labute approximate surface area is 246 Å². The summed E-state index contributed by atoms with van der Waals surface area (Å²) in [7, 11) is 0. The summed E-state index contributed by atoms with van der Waals surface area (Å²) in [5, 5.41) is 19.2. The molecule has 6 rings (SSSR count). The smallest absolute Gasteiger partial charge is 0.305 e. The van der Waals surface area contributed by atoms with E-state index >= 15 is 0 Å². The second kappa shape index (κ2) is 10.4. The highest BCUT2D eigenvalue weighted by atomic mass is 19.2. The van der Waals surface area contributed by atoms with Crippen molar-refractivity contribution in [2.75, 3.05) is 0 Å². The average Bonchev–Trinajstić information content (AvgIpc) is 3.69. The quantitative estimate of drug-likeness (QED) is 0.0890. The van der Waals surface area contributed by atoms with Crippen LogP contribution in [0.25, 0.3) is 55.3 Å². The van der Waals surface area contributed by atoms with E-state index in [1.54, 1.807) is 19.1 Å². The van der Waals surface area contributed by atoms with Crippen molar-refractivity contribution in [2.24, 2.45) is 9.98 Å². The summed E-state index contributed by atoms with van der Waals surface area (Å²) in [4.78, 5) is 30.9. The molecule has 3 heterocycles. The summed E-state index contributed by atoms with van der Waals surface area (Å²) in [6.45, 7) is 16.2. The predicted octanol–water partition coefficient (Wildman–Crippen LogP) is 5.30. The Bertz CT molecular complexity index is 2470. The second-order valence-corrected chi connectivity index (χ2v) is 9.05. The van der Waals surface area contributed by atoms with E-state index in [0.29, 0.717) is 5.56 Å². The Morgan fingerprint density at radius 2 is 1.49 bits per heavy atom. The highest BCUT2D eigenvalue weighted by Gasteiger charge is 2.30. The maximum absolute atomic E-state index is 15.0. The van der Waals surface area contributed by atoms with Crippen LogP contribution in [0, 0.1) is 71.8 Å². The molecule has 3 aromatic carbocycles. The van der Waals surface area contributed by atoms with Crippen molar-refractivity contribution in [3.8, 4) is 46.6 Å². The Kier molecular flexibility index (Phi) is 6.53. The average molecular weight is 606 g/mol. The van der Waals surface area contributed by atoms with Crippen LogP contribution in [0.15, 0.2) is 50.2 Å². The van der Waals surface area contributed by atoms with Gasteiger partial charge in [0.1, 0.15) is 22.5 Å². The number of halogens is 5. The number of fused-ring (bicyclic) bond motifs is 2. The number of nitriles is 2. The number of nitrogens with zero attached hydrogens (tertiary/aromatic N) is 10. The first-order valence-electron chi connectivity index (χ1n) is 12.2. The minimum absolute atomic E-state index is 0.0793. The Hall–Kier alpha value is -6.91. The molecule has 0 saturated carbocycles. The molecule has 0 bridgehead atoms. The monoisotopic (exact) mass is 606 g/mol. The van der Waals surface area contributed by atoms with Gasteiger partial charge in [-0.3, -0.25) is 0 Å². The largest absolute Gasteiger partial charge is 0.435 e. The zero-order chi connectivity index (χ0) is 32.2. The molecule has 0 spiro atoms. The van der Waals surface area contributed by atoms with Gasteiger partial charge in [0.2, 0.25) is 17.3 Å². The van der Waals surface area contributed by atoms with E-state index in [1.165, 1.54) is 18.2 Å². The Balaban J connectivity index is 1.69. The molecular weight excluding hydrogens is 599 g/mol. The molecule has 0 fully saturated rings. The van der Waals surface area contributed by atoms with Crippen molar-refractivity contribution in [2.45, 2.75) is 6.92 Å². The first kappa shape index (κ1) is 28.2. The van der Waals surface area contributed by atoms with Crippen LogP contribution in [-0.4, -0.2) is 19.9 Å². The van der Waals surface area contributed by atoms with Gasteiger partial charge in [-0.25, -0.2) is 66.8 Å². The third-order valence-corrected chi connectivity index (χ3v) is 6.48. The molecule has 0 atom stereocenters. The molecule has 16 heteroatoms. The standard InChI is InChI=1S/C29H7F5N10O/c1-10-4-6-13(37-2)23-24(10)45-29(41-23)28-43-25(42-27(44-28)16-17(30)19(32)21(34)20(33)18(16)31)11-5-7-14-22(12(11)8-35)40-26(39-14)15(9-36)38-3/h4-7H,1H3/b26-15+. The molecule has 1 aliphatic rings. The van der Waals surface area contributed by atoms with Crippen LogP contribution in [-0.2, 0) is 0 Å². The lowest BCUT2D eigenvalue weighted by atomic mass is 10.1. The van der Waals surface area contributed by atoms with E-state index in [4.69, 9.17) is 17.6 Å². The van der Waals surface area contributed by atoms with E-state index in [2.05, 4.69) is 39.6 Å². The van der Waals surface area contributed by atoms with Gasteiger partial charge < -0.3 is 4.42 Å². The first-order valence-corrected chi connectivity index (χ1v) is 12.2. The van der Waals surface area contributed by atoms with Gasteiger partial charge in [-0.05, 0) is 24.6 Å². The highest BCUT2D eigenvalue weighted by molar-refractivity contribution is 5.90. The molecule has 0 radical (unpaired) electrons. The Morgan fingerprint density at radius 3 is 2.13 bits per heavy atom. The fourth-order valence-electron chi connectivity index (χ4n) is 4.37. The number of oxazole rings is 1. The van der Waals surface area contributed by atoms with Crippen LogP contribution in [0.3, 0.4) is 0 Å². The molecular formula is C29H7F5N10O. The second-order valence-electron chi connectivity index (χ2n) is 9.05. The van der Waals surface area contributed by atoms with Crippen molar-refractivity contribution in [3.05, 3.63) is 110 Å². The zero-order valence-electron chi connectivity index (χ0n) is 22.1. The van der Waals surface area contributed by atoms with Gasteiger partial charge >= 0.3 is 5.70 Å². The summed E-state index contributed by atoms with van der Waals surface area (Å²) in [6.07, 6.45) is 0. The summed E-state index contributed by atoms with van der Waals surface area (Å²) in [5.74, 6) is -14.1. The van der Waals surface area contributed by atoms with Crippen LogP contribution >= 0.6 is 0 Å². The molecule has 214 valence electrons. The Morgan fingerprint density at radius 1 is 0.822 bits per heavy atom. The summed E-state index contributed by atoms with van der Waals surface area (Å²) in [5.41, 5.74) is -1.53. The molecule has 0 N–H and O–H groups in total. The first-order chi connectivity index (χ1) is 21.6. The highest BCUT2D eigenvalue weighted by Crippen LogP contribution is 2.35. The van der Waals surface area contributed by atoms with Crippen molar-refractivity contribution in [1.29, 1.82) is 10.5 Å². The predicted molar refractivity (Wildman–Crippen MR) is 141 cm³/mol. The van der Waals surface area contributed by atoms with Crippen molar-refractivity contribution >= 4 is 16.8 Å². The number of benzene rings is 3. The van der Waals surface area contributed by atoms with E-state index in [1.807, 2.05) is 6.07 Å². The minimum Gasteiger partial charge on any atom is -0.435 e. The van der Waals surface area contributed by atoms with Gasteiger partial charge in [0.05, 0.1) is 35.7 Å². The molecule has 45 heavy (non-hydrogen) atoms. The number of aromatic nitrogens is 4. The van der Waals surface area contributed by atoms with Crippen molar-refractivity contribution in [3.63, 3.8) is 0 Å². The summed E-state index contributed by atoms with van der Waals surface area (Å²) in [6, 6.07) is 9.15.